The van der Waals surface area contributed by atoms with Crippen molar-refractivity contribution >= 4 is 17.5 Å². The first-order chi connectivity index (χ1) is 13.6. The molecule has 0 radical (unpaired) electrons. The maximum Gasteiger partial charge on any atom is 0.260 e. The second kappa shape index (κ2) is 7.54. The van der Waals surface area contributed by atoms with Crippen molar-refractivity contribution in [1.29, 1.82) is 0 Å². The van der Waals surface area contributed by atoms with E-state index >= 15 is 0 Å². The quantitative estimate of drug-likeness (QED) is 0.800. The Morgan fingerprint density at radius 2 is 1.79 bits per heavy atom. The van der Waals surface area contributed by atoms with Crippen molar-refractivity contribution in [3.8, 4) is 11.5 Å². The van der Waals surface area contributed by atoms with Crippen molar-refractivity contribution in [2.75, 3.05) is 38.3 Å². The predicted octanol–water partition coefficient (Wildman–Crippen LogP) is 2.73. The summed E-state index contributed by atoms with van der Waals surface area (Å²) in [7, 11) is 1.62. The van der Waals surface area contributed by atoms with E-state index in [-0.39, 0.29) is 23.8 Å². The van der Waals surface area contributed by atoms with E-state index in [4.69, 9.17) is 9.47 Å². The van der Waals surface area contributed by atoms with Gasteiger partial charge in [0.15, 0.2) is 6.61 Å². The summed E-state index contributed by atoms with van der Waals surface area (Å²) in [6.07, 6.45) is 1.31. The van der Waals surface area contributed by atoms with Gasteiger partial charge in [0.1, 0.15) is 11.5 Å². The van der Waals surface area contributed by atoms with Crippen molar-refractivity contribution in [2.45, 2.75) is 12.8 Å². The number of likely N-dealkylation sites (tertiary alicyclic amines) is 1. The van der Waals surface area contributed by atoms with Gasteiger partial charge in [-0.25, -0.2) is 0 Å². The zero-order chi connectivity index (χ0) is 19.6. The molecule has 28 heavy (non-hydrogen) atoms. The maximum absolute atomic E-state index is 12.6. The van der Waals surface area contributed by atoms with Gasteiger partial charge in [-0.3, -0.25) is 9.59 Å². The van der Waals surface area contributed by atoms with E-state index in [0.29, 0.717) is 31.8 Å². The number of rotatable bonds is 5. The van der Waals surface area contributed by atoms with Crippen LogP contribution in [-0.2, 0) is 9.59 Å². The first-order valence-electron chi connectivity index (χ1n) is 9.49. The fourth-order valence-corrected chi connectivity index (χ4v) is 4.07. The molecule has 2 aliphatic rings. The molecule has 2 aliphatic heterocycles. The van der Waals surface area contributed by atoms with Crippen LogP contribution < -0.4 is 14.4 Å². The highest BCUT2D eigenvalue weighted by atomic mass is 16.5. The molecule has 0 N–H and O–H groups in total. The first kappa shape index (κ1) is 18.3. The Kier molecular flexibility index (Phi) is 4.94. The highest BCUT2D eigenvalue weighted by Crippen LogP contribution is 2.42. The molecule has 2 saturated heterocycles. The molecule has 1 spiro atoms. The number of hydrogen-bond acceptors (Lipinski definition) is 4. The van der Waals surface area contributed by atoms with Crippen LogP contribution in [0.3, 0.4) is 0 Å². The number of ether oxygens (including phenoxy) is 2. The third-order valence-electron chi connectivity index (χ3n) is 5.60. The van der Waals surface area contributed by atoms with E-state index in [9.17, 15) is 9.59 Å². The molecule has 2 fully saturated rings. The van der Waals surface area contributed by atoms with Gasteiger partial charge in [0.25, 0.3) is 5.91 Å². The molecule has 2 aromatic carbocycles. The summed E-state index contributed by atoms with van der Waals surface area (Å²) < 4.78 is 10.8. The lowest BCUT2D eigenvalue weighted by Crippen LogP contribution is -2.36. The first-order valence-corrected chi connectivity index (χ1v) is 9.49. The van der Waals surface area contributed by atoms with Crippen molar-refractivity contribution in [3.63, 3.8) is 0 Å². The predicted molar refractivity (Wildman–Crippen MR) is 106 cm³/mol. The monoisotopic (exact) mass is 380 g/mol. The van der Waals surface area contributed by atoms with Gasteiger partial charge >= 0.3 is 0 Å². The van der Waals surface area contributed by atoms with Crippen LogP contribution in [0.2, 0.25) is 0 Å². The molecule has 6 heteroatoms. The van der Waals surface area contributed by atoms with Gasteiger partial charge in [-0.1, -0.05) is 18.2 Å². The molecule has 2 aromatic rings. The number of methoxy groups -OCH3 is 1. The number of para-hydroxylation sites is 1. The van der Waals surface area contributed by atoms with E-state index < -0.39 is 0 Å². The maximum atomic E-state index is 12.6. The topological polar surface area (TPSA) is 59.1 Å². The molecule has 0 saturated carbocycles. The molecule has 0 bridgehead atoms. The van der Waals surface area contributed by atoms with E-state index in [0.717, 1.165) is 17.9 Å². The molecule has 1 atom stereocenters. The van der Waals surface area contributed by atoms with Gasteiger partial charge in [-0.15, -0.1) is 0 Å². The highest BCUT2D eigenvalue weighted by Gasteiger charge is 2.48. The third kappa shape index (κ3) is 3.67. The van der Waals surface area contributed by atoms with Gasteiger partial charge < -0.3 is 19.3 Å². The summed E-state index contributed by atoms with van der Waals surface area (Å²) in [4.78, 5) is 28.8. The third-order valence-corrected chi connectivity index (χ3v) is 5.60. The zero-order valence-electron chi connectivity index (χ0n) is 16.0. The molecule has 0 unspecified atom stereocenters. The SMILES string of the molecule is COc1ccc(N2C[C@]3(CCN(C(=O)COc4ccccc4)C3)CC2=O)cc1. The molecule has 0 aliphatic carbocycles. The number of benzene rings is 2. The lowest BCUT2D eigenvalue weighted by molar-refractivity contribution is -0.132. The lowest BCUT2D eigenvalue weighted by atomic mass is 9.86. The van der Waals surface area contributed by atoms with E-state index in [1.807, 2.05) is 64.4 Å². The average Bonchev–Trinajstić information content (AvgIpc) is 3.29. The van der Waals surface area contributed by atoms with Crippen LogP contribution in [0.15, 0.2) is 54.6 Å². The number of nitrogens with zero attached hydrogens (tertiary/aromatic N) is 2. The van der Waals surface area contributed by atoms with E-state index in [1.54, 1.807) is 7.11 Å². The minimum absolute atomic E-state index is 0.0240. The average molecular weight is 380 g/mol. The molecule has 4 rings (SSSR count). The Morgan fingerprint density at radius 3 is 2.50 bits per heavy atom. The number of hydrogen-bond donors (Lipinski definition) is 0. The second-order valence-electron chi connectivity index (χ2n) is 7.52. The summed E-state index contributed by atoms with van der Waals surface area (Å²) in [6, 6.07) is 16.9. The Bertz CT molecular complexity index is 853. The van der Waals surface area contributed by atoms with Crippen LogP contribution in [0.4, 0.5) is 5.69 Å². The van der Waals surface area contributed by atoms with Crippen molar-refractivity contribution in [3.05, 3.63) is 54.6 Å². The Morgan fingerprint density at radius 1 is 1.04 bits per heavy atom. The summed E-state index contributed by atoms with van der Waals surface area (Å²) in [5, 5.41) is 0. The summed E-state index contributed by atoms with van der Waals surface area (Å²) in [6.45, 7) is 1.93. The van der Waals surface area contributed by atoms with Gasteiger partial charge in [-0.2, -0.15) is 0 Å². The minimum Gasteiger partial charge on any atom is -0.497 e. The fraction of sp³-hybridized carbons (Fsp3) is 0.364. The van der Waals surface area contributed by atoms with Crippen LogP contribution in [0.1, 0.15) is 12.8 Å². The van der Waals surface area contributed by atoms with E-state index in [2.05, 4.69) is 0 Å². The highest BCUT2D eigenvalue weighted by molar-refractivity contribution is 5.96. The van der Waals surface area contributed by atoms with Crippen molar-refractivity contribution in [2.24, 2.45) is 5.41 Å². The Labute approximate surface area is 164 Å². The molecule has 2 heterocycles. The van der Waals surface area contributed by atoms with Crippen LogP contribution >= 0.6 is 0 Å². The van der Waals surface area contributed by atoms with Gasteiger partial charge in [0.2, 0.25) is 5.91 Å². The largest absolute Gasteiger partial charge is 0.497 e. The number of anilines is 1. The molecule has 146 valence electrons. The van der Waals surface area contributed by atoms with Crippen LogP contribution in [0.5, 0.6) is 11.5 Å². The lowest BCUT2D eigenvalue weighted by Gasteiger charge is -2.24. The summed E-state index contributed by atoms with van der Waals surface area (Å²) >= 11 is 0. The number of carbonyl (C=O) groups excluding carboxylic acids is 2. The van der Waals surface area contributed by atoms with Crippen LogP contribution in [0.25, 0.3) is 0 Å². The summed E-state index contributed by atoms with van der Waals surface area (Å²) in [5.74, 6) is 1.53. The molecular weight excluding hydrogens is 356 g/mol. The molecular formula is C22H24N2O4. The smallest absolute Gasteiger partial charge is 0.260 e. The van der Waals surface area contributed by atoms with Crippen molar-refractivity contribution < 1.29 is 19.1 Å². The van der Waals surface area contributed by atoms with Crippen LogP contribution in [-0.4, -0.2) is 50.1 Å². The second-order valence-corrected chi connectivity index (χ2v) is 7.52. The molecule has 0 aromatic heterocycles. The Hall–Kier alpha value is -3.02. The standard InChI is InChI=1S/C22H24N2O4/c1-27-18-9-7-17(8-10-18)24-16-22(13-20(24)25)11-12-23(15-22)21(26)14-28-19-5-3-2-4-6-19/h2-10H,11-16H2,1H3/t22-/m1/s1. The van der Waals surface area contributed by atoms with Crippen LogP contribution in [0, 0.1) is 5.41 Å². The minimum atomic E-state index is -0.167. The van der Waals surface area contributed by atoms with Gasteiger partial charge in [0.05, 0.1) is 7.11 Å². The molecule has 6 nitrogen and oxygen atoms in total. The number of amides is 2. The van der Waals surface area contributed by atoms with E-state index in [1.165, 1.54) is 0 Å². The summed E-state index contributed by atoms with van der Waals surface area (Å²) in [5.41, 5.74) is 0.708. The van der Waals surface area contributed by atoms with Gasteiger partial charge in [0, 0.05) is 37.2 Å². The number of carbonyl (C=O) groups is 2. The van der Waals surface area contributed by atoms with Gasteiger partial charge in [-0.05, 0) is 42.8 Å². The Balaban J connectivity index is 1.37. The van der Waals surface area contributed by atoms with Crippen molar-refractivity contribution in [1.82, 2.24) is 4.90 Å². The zero-order valence-corrected chi connectivity index (χ0v) is 16.0. The molecule has 2 amide bonds. The normalized spacial score (nSPS) is 21.4. The fourth-order valence-electron chi connectivity index (χ4n) is 4.07.